The van der Waals surface area contributed by atoms with Gasteiger partial charge in [-0.05, 0) is 32.2 Å². The molecule has 0 bridgehead atoms. The van der Waals surface area contributed by atoms with Crippen LogP contribution in [-0.4, -0.2) is 56.8 Å². The molecule has 1 fully saturated rings. The highest BCUT2D eigenvalue weighted by Gasteiger charge is 2.61. The first kappa shape index (κ1) is 28.5. The third-order valence-electron chi connectivity index (χ3n) is 5.93. The first-order valence-corrected chi connectivity index (χ1v) is 14.3. The molecule has 2 unspecified atom stereocenters. The van der Waals surface area contributed by atoms with Gasteiger partial charge in [0.15, 0.2) is 11.4 Å². The normalized spacial score (nSPS) is 20.9. The molecule has 2 heterocycles. The van der Waals surface area contributed by atoms with Gasteiger partial charge < -0.3 is 10.1 Å². The van der Waals surface area contributed by atoms with Crippen molar-refractivity contribution in [3.05, 3.63) is 0 Å². The Morgan fingerprint density at radius 3 is 2.15 bits per heavy atom. The molecule has 10 nitrogen and oxygen atoms in total. The lowest BCUT2D eigenvalue weighted by molar-refractivity contribution is -0.119. The molecule has 12 heteroatoms. The summed E-state index contributed by atoms with van der Waals surface area (Å²) in [4.78, 5) is 41.8. The SMILES string of the molecule is CCCCCCCCCCCCSN1C(=O)N(P(=O)=O)C(=O)C2=NC(=O)NC21CC(C)OCC. The summed E-state index contributed by atoms with van der Waals surface area (Å²) in [5, 5.41) is 2.64. The molecule has 0 aliphatic carbocycles. The van der Waals surface area contributed by atoms with Gasteiger partial charge in [-0.1, -0.05) is 64.7 Å². The number of hydrogen-bond acceptors (Lipinski definition) is 7. The monoisotopic (exact) mass is 516 g/mol. The highest BCUT2D eigenvalue weighted by molar-refractivity contribution is 7.97. The van der Waals surface area contributed by atoms with Crippen molar-refractivity contribution < 1.29 is 28.3 Å². The molecule has 192 valence electrons. The molecule has 0 radical (unpaired) electrons. The first-order chi connectivity index (χ1) is 16.3. The summed E-state index contributed by atoms with van der Waals surface area (Å²) in [5.41, 5.74) is -1.83. The van der Waals surface area contributed by atoms with Crippen molar-refractivity contribution in [2.75, 3.05) is 12.4 Å². The fraction of sp³-hybridized carbons (Fsp3) is 0.818. The maximum atomic E-state index is 13.1. The number of urea groups is 2. The van der Waals surface area contributed by atoms with Crippen LogP contribution in [0.15, 0.2) is 4.99 Å². The van der Waals surface area contributed by atoms with Gasteiger partial charge in [-0.15, -0.1) is 4.67 Å². The highest BCUT2D eigenvalue weighted by atomic mass is 32.2. The summed E-state index contributed by atoms with van der Waals surface area (Å²) in [5.74, 6) is -0.563. The van der Waals surface area contributed by atoms with E-state index in [1.165, 1.54) is 49.3 Å². The number of carbonyl (C=O) groups is 3. The van der Waals surface area contributed by atoms with Crippen molar-refractivity contribution in [3.63, 3.8) is 0 Å². The van der Waals surface area contributed by atoms with Gasteiger partial charge in [0.05, 0.1) is 6.10 Å². The third kappa shape index (κ3) is 7.15. The van der Waals surface area contributed by atoms with E-state index in [0.29, 0.717) is 12.4 Å². The van der Waals surface area contributed by atoms with Crippen LogP contribution >= 0.6 is 19.8 Å². The zero-order chi connectivity index (χ0) is 25.1. The lowest BCUT2D eigenvalue weighted by Crippen LogP contribution is -2.70. The van der Waals surface area contributed by atoms with Crippen LogP contribution < -0.4 is 5.32 Å². The highest BCUT2D eigenvalue weighted by Crippen LogP contribution is 2.40. The molecule has 2 atom stereocenters. The maximum Gasteiger partial charge on any atom is 0.438 e. The molecule has 2 rings (SSSR count). The number of amides is 5. The van der Waals surface area contributed by atoms with Crippen LogP contribution in [0.1, 0.15) is 91.4 Å². The molecular formula is C22H37N4O6PS. The Labute approximate surface area is 206 Å². The second-order valence-electron chi connectivity index (χ2n) is 8.67. The lowest BCUT2D eigenvalue weighted by atomic mass is 9.95. The fourth-order valence-corrected chi connectivity index (χ4v) is 5.98. The van der Waals surface area contributed by atoms with Crippen LogP contribution in [-0.2, 0) is 18.7 Å². The topological polar surface area (TPSA) is 125 Å². The van der Waals surface area contributed by atoms with Crippen LogP contribution in [0.25, 0.3) is 0 Å². The predicted octanol–water partition coefficient (Wildman–Crippen LogP) is 5.58. The van der Waals surface area contributed by atoms with E-state index in [9.17, 15) is 23.5 Å². The number of ether oxygens (including phenoxy) is 1. The van der Waals surface area contributed by atoms with E-state index in [1.54, 1.807) is 6.92 Å². The standard InChI is InChI=1S/C22H37N4O6PS/c1-4-6-7-8-9-10-11-12-13-14-15-34-26-21(29)25(33(30)31)19(27)18-22(26,24-20(28)23-18)16-17(3)32-5-2/h17H,4-16H2,1-3H3,(H,24,28). The fourth-order valence-electron chi connectivity index (χ4n) is 4.31. The van der Waals surface area contributed by atoms with E-state index in [2.05, 4.69) is 17.2 Å². The quantitative estimate of drug-likeness (QED) is 0.152. The molecule has 34 heavy (non-hydrogen) atoms. The molecule has 0 saturated carbocycles. The van der Waals surface area contributed by atoms with Crippen LogP contribution in [0.5, 0.6) is 0 Å². The third-order valence-corrected chi connectivity index (χ3v) is 7.81. The minimum Gasteiger partial charge on any atom is -0.379 e. The van der Waals surface area contributed by atoms with Crippen molar-refractivity contribution in [1.82, 2.24) is 14.3 Å². The molecule has 5 amide bonds. The van der Waals surface area contributed by atoms with Gasteiger partial charge in [-0.2, -0.15) is 4.99 Å². The van der Waals surface area contributed by atoms with Crippen molar-refractivity contribution in [2.24, 2.45) is 4.99 Å². The maximum absolute atomic E-state index is 13.1. The zero-order valence-corrected chi connectivity index (χ0v) is 22.1. The number of unbranched alkanes of at least 4 members (excludes halogenated alkanes) is 9. The second-order valence-corrected chi connectivity index (χ2v) is 10.6. The summed E-state index contributed by atoms with van der Waals surface area (Å²) in [6, 6.07) is -1.78. The first-order valence-electron chi connectivity index (χ1n) is 12.3. The van der Waals surface area contributed by atoms with E-state index in [0.717, 1.165) is 31.2 Å². The number of rotatable bonds is 17. The summed E-state index contributed by atoms with van der Waals surface area (Å²) in [6.07, 6.45) is 11.3. The number of hydrogen-bond donors (Lipinski definition) is 1. The van der Waals surface area contributed by atoms with Crippen molar-refractivity contribution in [1.29, 1.82) is 0 Å². The number of carbonyl (C=O) groups excluding carboxylic acids is 3. The van der Waals surface area contributed by atoms with Gasteiger partial charge >= 0.3 is 19.9 Å². The van der Waals surface area contributed by atoms with Gasteiger partial charge in [-0.3, -0.25) is 4.79 Å². The minimum atomic E-state index is -3.52. The van der Waals surface area contributed by atoms with Crippen molar-refractivity contribution in [3.8, 4) is 0 Å². The summed E-state index contributed by atoms with van der Waals surface area (Å²) >= 11 is 1.11. The Bertz CT molecular complexity index is 828. The van der Waals surface area contributed by atoms with Gasteiger partial charge in [0, 0.05) is 18.8 Å². The molecule has 2 aliphatic rings. The molecular weight excluding hydrogens is 479 g/mol. The van der Waals surface area contributed by atoms with E-state index in [1.807, 2.05) is 6.92 Å². The Hall–Kier alpha value is -1.71. The average molecular weight is 517 g/mol. The summed E-state index contributed by atoms with van der Waals surface area (Å²) in [6.45, 7) is 6.20. The van der Waals surface area contributed by atoms with Crippen LogP contribution in [0.3, 0.4) is 0 Å². The summed E-state index contributed by atoms with van der Waals surface area (Å²) < 4.78 is 30.3. The van der Waals surface area contributed by atoms with Gasteiger partial charge in [-0.25, -0.2) is 23.0 Å². The van der Waals surface area contributed by atoms with Crippen LogP contribution in [0.4, 0.5) is 9.59 Å². The van der Waals surface area contributed by atoms with Crippen molar-refractivity contribution >= 4 is 43.5 Å². The van der Waals surface area contributed by atoms with E-state index in [4.69, 9.17) is 4.74 Å². The average Bonchev–Trinajstić information content (AvgIpc) is 3.10. The minimum absolute atomic E-state index is 0.0808. The van der Waals surface area contributed by atoms with E-state index >= 15 is 0 Å². The number of nitrogens with zero attached hydrogens (tertiary/aromatic N) is 3. The Balaban J connectivity index is 2.01. The zero-order valence-electron chi connectivity index (χ0n) is 20.4. The van der Waals surface area contributed by atoms with Crippen LogP contribution in [0.2, 0.25) is 0 Å². The molecule has 0 aromatic heterocycles. The predicted molar refractivity (Wildman–Crippen MR) is 131 cm³/mol. The van der Waals surface area contributed by atoms with Gasteiger partial charge in [0.1, 0.15) is 0 Å². The number of imide groups is 1. The number of nitrogens with one attached hydrogen (secondary N) is 1. The largest absolute Gasteiger partial charge is 0.438 e. The van der Waals surface area contributed by atoms with Crippen LogP contribution in [0, 0.1) is 0 Å². The molecule has 0 aromatic rings. The summed E-state index contributed by atoms with van der Waals surface area (Å²) in [7, 11) is -3.52. The molecule has 0 aromatic carbocycles. The number of fused-ring (bicyclic) bond motifs is 1. The molecule has 1 saturated heterocycles. The van der Waals surface area contributed by atoms with Crippen molar-refractivity contribution in [2.45, 2.75) is 103 Å². The Kier molecular flexibility index (Phi) is 11.7. The molecule has 0 spiro atoms. The van der Waals surface area contributed by atoms with E-state index in [-0.39, 0.29) is 16.8 Å². The molecule has 2 aliphatic heterocycles. The Morgan fingerprint density at radius 2 is 1.59 bits per heavy atom. The molecule has 1 N–H and O–H groups in total. The smallest absolute Gasteiger partial charge is 0.379 e. The van der Waals surface area contributed by atoms with E-state index < -0.39 is 37.6 Å². The Morgan fingerprint density at radius 1 is 1.00 bits per heavy atom. The second kappa shape index (κ2) is 14.0. The van der Waals surface area contributed by atoms with Gasteiger partial charge in [0.25, 0.3) is 5.91 Å². The number of aliphatic imine (C=N–C) groups is 1. The lowest BCUT2D eigenvalue weighted by Gasteiger charge is -2.45. The van der Waals surface area contributed by atoms with Gasteiger partial charge in [0.2, 0.25) is 0 Å².